The highest BCUT2D eigenvalue weighted by Crippen LogP contribution is 2.31. The summed E-state index contributed by atoms with van der Waals surface area (Å²) < 4.78 is 10.9. The summed E-state index contributed by atoms with van der Waals surface area (Å²) in [6, 6.07) is 13.8. The maximum absolute atomic E-state index is 12.1. The van der Waals surface area contributed by atoms with Crippen LogP contribution >= 0.6 is 23.2 Å². The Bertz CT molecular complexity index is 1010. The van der Waals surface area contributed by atoms with Crippen LogP contribution in [-0.4, -0.2) is 13.0 Å². The SMILES string of the molecule is COc1ccc(-c2ccc(/C=C/C(=O)Nc3ccc(N)cc3Cl)o2)cc1Cl. The number of ether oxygens (including phenoxy) is 1. The molecule has 3 N–H and O–H groups in total. The van der Waals surface area contributed by atoms with Gasteiger partial charge in [-0.2, -0.15) is 0 Å². The molecule has 2 aromatic carbocycles. The molecule has 0 saturated carbocycles. The predicted molar refractivity (Wildman–Crippen MR) is 109 cm³/mol. The number of anilines is 2. The minimum atomic E-state index is -0.341. The van der Waals surface area contributed by atoms with Crippen LogP contribution < -0.4 is 15.8 Å². The van der Waals surface area contributed by atoms with Crippen LogP contribution in [0.3, 0.4) is 0 Å². The Morgan fingerprint density at radius 3 is 2.63 bits per heavy atom. The van der Waals surface area contributed by atoms with E-state index < -0.39 is 0 Å². The number of methoxy groups -OCH3 is 1. The van der Waals surface area contributed by atoms with Gasteiger partial charge in [0.1, 0.15) is 17.3 Å². The van der Waals surface area contributed by atoms with Crippen molar-refractivity contribution in [2.45, 2.75) is 0 Å². The van der Waals surface area contributed by atoms with Gasteiger partial charge in [-0.25, -0.2) is 0 Å². The van der Waals surface area contributed by atoms with Gasteiger partial charge in [0.25, 0.3) is 0 Å². The van der Waals surface area contributed by atoms with Gasteiger partial charge in [0, 0.05) is 17.3 Å². The molecule has 1 heterocycles. The van der Waals surface area contributed by atoms with Crippen LogP contribution in [0, 0.1) is 0 Å². The molecule has 0 atom stereocenters. The van der Waals surface area contributed by atoms with Gasteiger partial charge in [-0.15, -0.1) is 0 Å². The lowest BCUT2D eigenvalue weighted by Crippen LogP contribution is -2.08. The zero-order valence-electron chi connectivity index (χ0n) is 14.3. The van der Waals surface area contributed by atoms with Crippen molar-refractivity contribution in [2.24, 2.45) is 0 Å². The first-order valence-corrected chi connectivity index (χ1v) is 8.69. The number of benzene rings is 2. The molecule has 0 unspecified atom stereocenters. The molecule has 3 aromatic rings. The van der Waals surface area contributed by atoms with Crippen LogP contribution in [0.15, 0.2) is 59.0 Å². The van der Waals surface area contributed by atoms with Crippen LogP contribution in [0.4, 0.5) is 11.4 Å². The number of nitrogens with one attached hydrogen (secondary N) is 1. The second-order valence-electron chi connectivity index (χ2n) is 5.61. The lowest BCUT2D eigenvalue weighted by molar-refractivity contribution is -0.111. The Kier molecular flexibility index (Phi) is 5.74. The largest absolute Gasteiger partial charge is 0.495 e. The molecule has 0 radical (unpaired) electrons. The van der Waals surface area contributed by atoms with Crippen molar-refractivity contribution in [3.05, 3.63) is 70.4 Å². The van der Waals surface area contributed by atoms with E-state index in [2.05, 4.69) is 5.32 Å². The molecule has 0 spiro atoms. The fourth-order valence-electron chi connectivity index (χ4n) is 2.38. The lowest BCUT2D eigenvalue weighted by atomic mass is 10.2. The number of carbonyl (C=O) groups is 1. The van der Waals surface area contributed by atoms with Crippen LogP contribution in [0.1, 0.15) is 5.76 Å². The summed E-state index contributed by atoms with van der Waals surface area (Å²) in [7, 11) is 1.55. The van der Waals surface area contributed by atoms with Crippen LogP contribution in [0.5, 0.6) is 5.75 Å². The maximum Gasteiger partial charge on any atom is 0.248 e. The zero-order valence-corrected chi connectivity index (χ0v) is 15.8. The van der Waals surface area contributed by atoms with Crippen molar-refractivity contribution in [1.82, 2.24) is 0 Å². The number of nitrogen functional groups attached to an aromatic ring is 1. The number of hydrogen-bond acceptors (Lipinski definition) is 4. The molecule has 27 heavy (non-hydrogen) atoms. The summed E-state index contributed by atoms with van der Waals surface area (Å²) in [6.45, 7) is 0. The standard InChI is InChI=1S/C20H16Cl2N2O3/c1-26-19-7-2-12(10-16(19)22)18-8-4-14(27-18)5-9-20(25)24-17-6-3-13(23)11-15(17)21/h2-11H,23H2,1H3,(H,24,25)/b9-5+. The molecule has 0 saturated heterocycles. The summed E-state index contributed by atoms with van der Waals surface area (Å²) in [5.41, 5.74) is 7.44. The van der Waals surface area contributed by atoms with Gasteiger partial charge in [-0.05, 0) is 54.6 Å². The molecule has 1 amide bonds. The molecule has 0 aliphatic heterocycles. The molecule has 0 fully saturated rings. The Morgan fingerprint density at radius 1 is 1.11 bits per heavy atom. The second-order valence-corrected chi connectivity index (χ2v) is 6.43. The molecule has 1 aromatic heterocycles. The fourth-order valence-corrected chi connectivity index (χ4v) is 2.88. The highest BCUT2D eigenvalue weighted by Gasteiger charge is 2.08. The van der Waals surface area contributed by atoms with E-state index in [0.717, 1.165) is 5.56 Å². The lowest BCUT2D eigenvalue weighted by Gasteiger charge is -2.05. The number of amides is 1. The third kappa shape index (κ3) is 4.64. The highest BCUT2D eigenvalue weighted by molar-refractivity contribution is 6.34. The van der Waals surface area contributed by atoms with Crippen molar-refractivity contribution >= 4 is 46.6 Å². The number of hydrogen-bond donors (Lipinski definition) is 2. The highest BCUT2D eigenvalue weighted by atomic mass is 35.5. The van der Waals surface area contributed by atoms with Gasteiger partial charge in [0.2, 0.25) is 5.91 Å². The van der Waals surface area contributed by atoms with Crippen molar-refractivity contribution in [3.8, 4) is 17.1 Å². The second kappa shape index (κ2) is 8.20. The number of furan rings is 1. The number of carbonyl (C=O) groups excluding carboxylic acids is 1. The van der Waals surface area contributed by atoms with E-state index >= 15 is 0 Å². The van der Waals surface area contributed by atoms with E-state index in [0.29, 0.717) is 38.7 Å². The monoisotopic (exact) mass is 402 g/mol. The summed E-state index contributed by atoms with van der Waals surface area (Å²) in [5.74, 6) is 1.40. The van der Waals surface area contributed by atoms with Crippen LogP contribution in [0.25, 0.3) is 17.4 Å². The van der Waals surface area contributed by atoms with Crippen molar-refractivity contribution in [2.75, 3.05) is 18.2 Å². The fraction of sp³-hybridized carbons (Fsp3) is 0.0500. The third-order valence-corrected chi connectivity index (χ3v) is 4.32. The first kappa shape index (κ1) is 18.9. The first-order valence-electron chi connectivity index (χ1n) is 7.94. The quantitative estimate of drug-likeness (QED) is 0.436. The molecule has 0 aliphatic rings. The molecule has 5 nitrogen and oxygen atoms in total. The molecule has 7 heteroatoms. The van der Waals surface area contributed by atoms with E-state index in [-0.39, 0.29) is 5.91 Å². The van der Waals surface area contributed by atoms with Gasteiger partial charge in [0.15, 0.2) is 0 Å². The van der Waals surface area contributed by atoms with E-state index in [1.807, 2.05) is 6.07 Å². The van der Waals surface area contributed by atoms with E-state index in [9.17, 15) is 4.79 Å². The number of halogens is 2. The predicted octanol–water partition coefficient (Wildman–Crippen LogP) is 5.50. The normalized spacial score (nSPS) is 10.9. The van der Waals surface area contributed by atoms with Crippen LogP contribution in [-0.2, 0) is 4.79 Å². The van der Waals surface area contributed by atoms with Crippen molar-refractivity contribution in [3.63, 3.8) is 0 Å². The average Bonchev–Trinajstić information content (AvgIpc) is 3.11. The van der Waals surface area contributed by atoms with Gasteiger partial charge in [-0.3, -0.25) is 4.79 Å². The van der Waals surface area contributed by atoms with Gasteiger partial charge < -0.3 is 20.2 Å². The molecule has 138 valence electrons. The number of nitrogens with two attached hydrogens (primary N) is 1. The Balaban J connectivity index is 1.69. The van der Waals surface area contributed by atoms with Gasteiger partial charge in [0.05, 0.1) is 22.8 Å². The maximum atomic E-state index is 12.1. The zero-order chi connectivity index (χ0) is 19.4. The van der Waals surface area contributed by atoms with Crippen molar-refractivity contribution < 1.29 is 13.9 Å². The van der Waals surface area contributed by atoms with E-state index in [4.69, 9.17) is 38.1 Å². The third-order valence-electron chi connectivity index (χ3n) is 3.71. The minimum absolute atomic E-state index is 0.341. The van der Waals surface area contributed by atoms with Crippen molar-refractivity contribution in [1.29, 1.82) is 0 Å². The number of rotatable bonds is 5. The van der Waals surface area contributed by atoms with E-state index in [1.54, 1.807) is 55.7 Å². The summed E-state index contributed by atoms with van der Waals surface area (Å²) in [5, 5.41) is 3.54. The Labute approximate surface area is 166 Å². The van der Waals surface area contributed by atoms with Gasteiger partial charge >= 0.3 is 0 Å². The van der Waals surface area contributed by atoms with Crippen LogP contribution in [0.2, 0.25) is 10.0 Å². The summed E-state index contributed by atoms with van der Waals surface area (Å²) >= 11 is 12.2. The molecule has 0 bridgehead atoms. The molecular formula is C20H16Cl2N2O3. The molecule has 3 rings (SSSR count). The summed E-state index contributed by atoms with van der Waals surface area (Å²) in [4.78, 5) is 12.1. The van der Waals surface area contributed by atoms with Gasteiger partial charge in [-0.1, -0.05) is 23.2 Å². The minimum Gasteiger partial charge on any atom is -0.495 e. The molecule has 0 aliphatic carbocycles. The molecular weight excluding hydrogens is 387 g/mol. The topological polar surface area (TPSA) is 77.5 Å². The van der Waals surface area contributed by atoms with E-state index in [1.165, 1.54) is 6.08 Å². The first-order chi connectivity index (χ1) is 13.0. The Hall–Kier alpha value is -2.89. The summed E-state index contributed by atoms with van der Waals surface area (Å²) in [6.07, 6.45) is 2.92. The smallest absolute Gasteiger partial charge is 0.248 e. The Morgan fingerprint density at radius 2 is 1.93 bits per heavy atom. The average molecular weight is 403 g/mol.